The number of hydrogen-bond acceptors (Lipinski definition) is 3. The van der Waals surface area contributed by atoms with Crippen LogP contribution in [0.1, 0.15) is 5.56 Å². The zero-order valence-electron chi connectivity index (χ0n) is 10.6. The number of amides is 1. The van der Waals surface area contributed by atoms with Gasteiger partial charge in [-0.25, -0.2) is 8.78 Å². The molecule has 3 N–H and O–H groups in total. The first-order valence-electron chi connectivity index (χ1n) is 6.03. The van der Waals surface area contributed by atoms with Crippen LogP contribution in [0.5, 0.6) is 0 Å². The highest BCUT2D eigenvalue weighted by atomic mass is 19.1. The van der Waals surface area contributed by atoms with Crippen LogP contribution in [0, 0.1) is 11.6 Å². The van der Waals surface area contributed by atoms with Crippen LogP contribution in [0.3, 0.4) is 0 Å². The summed E-state index contributed by atoms with van der Waals surface area (Å²) in [6.45, 7) is 0.340. The van der Waals surface area contributed by atoms with Crippen molar-refractivity contribution in [2.75, 3.05) is 12.3 Å². The van der Waals surface area contributed by atoms with Crippen molar-refractivity contribution in [1.82, 2.24) is 15.1 Å². The van der Waals surface area contributed by atoms with E-state index in [1.165, 1.54) is 16.8 Å². The van der Waals surface area contributed by atoms with Crippen LogP contribution >= 0.6 is 0 Å². The second-order valence-electron chi connectivity index (χ2n) is 4.32. The quantitative estimate of drug-likeness (QED) is 0.861. The Kier molecular flexibility index (Phi) is 4.29. The number of nitrogens with one attached hydrogen (secondary N) is 1. The number of nitrogens with two attached hydrogens (primary N) is 1. The Morgan fingerprint density at radius 3 is 2.60 bits per heavy atom. The third-order valence-corrected chi connectivity index (χ3v) is 2.63. The lowest BCUT2D eigenvalue weighted by Crippen LogP contribution is -2.29. The fourth-order valence-electron chi connectivity index (χ4n) is 1.77. The molecule has 0 spiro atoms. The normalized spacial score (nSPS) is 10.5. The van der Waals surface area contributed by atoms with Crippen molar-refractivity contribution in [3.63, 3.8) is 0 Å². The molecule has 0 fully saturated rings. The number of anilines is 1. The molecule has 5 nitrogen and oxygen atoms in total. The van der Waals surface area contributed by atoms with Crippen LogP contribution in [-0.4, -0.2) is 22.2 Å². The molecule has 7 heteroatoms. The number of halogens is 2. The molecule has 1 heterocycles. The van der Waals surface area contributed by atoms with E-state index in [2.05, 4.69) is 10.4 Å². The fourth-order valence-corrected chi connectivity index (χ4v) is 1.77. The predicted molar refractivity (Wildman–Crippen MR) is 69.7 cm³/mol. The minimum atomic E-state index is -0.627. The summed E-state index contributed by atoms with van der Waals surface area (Å²) in [5.41, 5.74) is 5.92. The second-order valence-corrected chi connectivity index (χ2v) is 4.32. The average Bonchev–Trinajstić information content (AvgIpc) is 2.73. The summed E-state index contributed by atoms with van der Waals surface area (Å²) in [6, 6.07) is 4.87. The molecular weight excluding hydrogens is 266 g/mol. The van der Waals surface area contributed by atoms with Gasteiger partial charge in [0.15, 0.2) is 0 Å². The highest BCUT2D eigenvalue weighted by molar-refractivity contribution is 5.75. The van der Waals surface area contributed by atoms with E-state index in [-0.39, 0.29) is 12.5 Å². The van der Waals surface area contributed by atoms with Crippen molar-refractivity contribution in [2.45, 2.75) is 13.0 Å². The van der Waals surface area contributed by atoms with E-state index in [4.69, 9.17) is 5.73 Å². The first-order valence-corrected chi connectivity index (χ1v) is 6.03. The van der Waals surface area contributed by atoms with E-state index in [9.17, 15) is 13.6 Å². The number of rotatable bonds is 5. The largest absolute Gasteiger partial charge is 0.382 e. The van der Waals surface area contributed by atoms with Gasteiger partial charge in [-0.05, 0) is 30.2 Å². The third-order valence-electron chi connectivity index (χ3n) is 2.63. The first kappa shape index (κ1) is 14.0. The summed E-state index contributed by atoms with van der Waals surface area (Å²) >= 11 is 0. The molecule has 0 radical (unpaired) electrons. The van der Waals surface area contributed by atoms with E-state index in [1.807, 2.05) is 0 Å². The maximum Gasteiger partial charge on any atom is 0.241 e. The highest BCUT2D eigenvalue weighted by Gasteiger charge is 2.05. The maximum atomic E-state index is 13.0. The molecule has 0 unspecified atom stereocenters. The van der Waals surface area contributed by atoms with E-state index in [0.29, 0.717) is 24.3 Å². The lowest BCUT2D eigenvalue weighted by atomic mass is 10.1. The van der Waals surface area contributed by atoms with Crippen LogP contribution in [0.25, 0.3) is 0 Å². The summed E-state index contributed by atoms with van der Waals surface area (Å²) in [5, 5.41) is 6.52. The van der Waals surface area contributed by atoms with Gasteiger partial charge in [-0.2, -0.15) is 5.10 Å². The highest BCUT2D eigenvalue weighted by Crippen LogP contribution is 2.08. The number of nitrogens with zero attached hydrogens (tertiary/aromatic N) is 2. The van der Waals surface area contributed by atoms with Crippen molar-refractivity contribution >= 4 is 11.7 Å². The number of carbonyl (C=O) groups is 1. The first-order chi connectivity index (χ1) is 9.52. The molecule has 2 aromatic rings. The molecule has 2 rings (SSSR count). The molecule has 0 saturated carbocycles. The van der Waals surface area contributed by atoms with Crippen LogP contribution in [-0.2, 0) is 17.8 Å². The smallest absolute Gasteiger partial charge is 0.241 e. The molecule has 0 atom stereocenters. The average molecular weight is 280 g/mol. The Balaban J connectivity index is 1.79. The lowest BCUT2D eigenvalue weighted by Gasteiger charge is -2.06. The molecular formula is C13H14F2N4O. The van der Waals surface area contributed by atoms with E-state index >= 15 is 0 Å². The summed E-state index contributed by atoms with van der Waals surface area (Å²) < 4.78 is 27.3. The topological polar surface area (TPSA) is 72.9 Å². The molecule has 106 valence electrons. The Morgan fingerprint density at radius 2 is 2.00 bits per heavy atom. The van der Waals surface area contributed by atoms with Gasteiger partial charge in [-0.1, -0.05) is 0 Å². The molecule has 1 aromatic carbocycles. The van der Waals surface area contributed by atoms with Crippen molar-refractivity contribution in [2.24, 2.45) is 0 Å². The molecule has 0 bridgehead atoms. The van der Waals surface area contributed by atoms with Crippen molar-refractivity contribution in [3.05, 3.63) is 47.7 Å². The second kappa shape index (κ2) is 6.14. The molecule has 1 aromatic heterocycles. The summed E-state index contributed by atoms with van der Waals surface area (Å²) in [7, 11) is 0. The Labute approximate surface area is 114 Å². The van der Waals surface area contributed by atoms with Crippen LogP contribution in [0.4, 0.5) is 14.6 Å². The van der Waals surface area contributed by atoms with Gasteiger partial charge in [0.1, 0.15) is 24.0 Å². The van der Waals surface area contributed by atoms with E-state index < -0.39 is 11.6 Å². The van der Waals surface area contributed by atoms with Gasteiger partial charge >= 0.3 is 0 Å². The van der Waals surface area contributed by atoms with Gasteiger partial charge in [-0.3, -0.25) is 9.48 Å². The zero-order valence-corrected chi connectivity index (χ0v) is 10.6. The Morgan fingerprint density at radius 1 is 1.30 bits per heavy atom. The third kappa shape index (κ3) is 4.04. The molecule has 20 heavy (non-hydrogen) atoms. The summed E-state index contributed by atoms with van der Waals surface area (Å²) in [5.74, 6) is -1.16. The Hall–Kier alpha value is -2.44. The van der Waals surface area contributed by atoms with Gasteiger partial charge < -0.3 is 11.1 Å². The van der Waals surface area contributed by atoms with Crippen LogP contribution in [0.2, 0.25) is 0 Å². The van der Waals surface area contributed by atoms with Crippen molar-refractivity contribution in [3.8, 4) is 0 Å². The van der Waals surface area contributed by atoms with E-state index in [0.717, 1.165) is 6.07 Å². The minimum absolute atomic E-state index is 0.0503. The monoisotopic (exact) mass is 280 g/mol. The number of carbonyl (C=O) groups excluding carboxylic acids is 1. The number of nitrogen functional groups attached to an aromatic ring is 1. The van der Waals surface area contributed by atoms with Crippen molar-refractivity contribution < 1.29 is 13.6 Å². The fraction of sp³-hybridized carbons (Fsp3) is 0.231. The van der Waals surface area contributed by atoms with E-state index in [1.54, 1.807) is 12.3 Å². The number of aromatic nitrogens is 2. The Bertz CT molecular complexity index is 592. The standard InChI is InChI=1S/C13H14F2N4O/c14-10-5-9(6-11(15)7-10)1-3-17-13(20)8-19-4-2-12(16)18-19/h2,4-7H,1,3,8H2,(H2,16,18)(H,17,20). The molecule has 0 aliphatic carbocycles. The summed E-state index contributed by atoms with van der Waals surface area (Å²) in [6.07, 6.45) is 1.94. The van der Waals surface area contributed by atoms with Crippen LogP contribution < -0.4 is 11.1 Å². The number of hydrogen-bond donors (Lipinski definition) is 2. The van der Waals surface area contributed by atoms with Gasteiger partial charge in [0.05, 0.1) is 0 Å². The maximum absolute atomic E-state index is 13.0. The lowest BCUT2D eigenvalue weighted by molar-refractivity contribution is -0.121. The minimum Gasteiger partial charge on any atom is -0.382 e. The van der Waals surface area contributed by atoms with Crippen molar-refractivity contribution in [1.29, 1.82) is 0 Å². The van der Waals surface area contributed by atoms with Gasteiger partial charge in [0, 0.05) is 18.8 Å². The zero-order chi connectivity index (χ0) is 14.5. The molecule has 0 aliphatic rings. The van der Waals surface area contributed by atoms with Gasteiger partial charge in [0.2, 0.25) is 5.91 Å². The van der Waals surface area contributed by atoms with Crippen LogP contribution in [0.15, 0.2) is 30.5 Å². The predicted octanol–water partition coefficient (Wildman–Crippen LogP) is 1.10. The number of benzene rings is 1. The molecule has 0 aliphatic heterocycles. The van der Waals surface area contributed by atoms with Gasteiger partial charge in [-0.15, -0.1) is 0 Å². The summed E-state index contributed by atoms with van der Waals surface area (Å²) in [4.78, 5) is 11.6. The molecule has 1 amide bonds. The SMILES string of the molecule is Nc1ccn(CC(=O)NCCc2cc(F)cc(F)c2)n1. The van der Waals surface area contributed by atoms with Gasteiger partial charge in [0.25, 0.3) is 0 Å². The molecule has 0 saturated heterocycles.